The second kappa shape index (κ2) is 8.17. The molecule has 6 heteroatoms. The predicted molar refractivity (Wildman–Crippen MR) is 92.0 cm³/mol. The van der Waals surface area contributed by atoms with Crippen LogP contribution in [-0.4, -0.2) is 23.7 Å². The summed E-state index contributed by atoms with van der Waals surface area (Å²) in [5, 5.41) is 8.93. The van der Waals surface area contributed by atoms with Crippen molar-refractivity contribution in [2.24, 2.45) is 0 Å². The molecule has 23 heavy (non-hydrogen) atoms. The van der Waals surface area contributed by atoms with E-state index in [1.807, 2.05) is 30.3 Å². The van der Waals surface area contributed by atoms with Gasteiger partial charge in [0.25, 0.3) is 0 Å². The highest BCUT2D eigenvalue weighted by Gasteiger charge is 2.09. The van der Waals surface area contributed by atoms with E-state index in [0.29, 0.717) is 12.2 Å². The number of carboxylic acid groups (broad SMARTS) is 1. The summed E-state index contributed by atoms with van der Waals surface area (Å²) in [7, 11) is 0. The molecule has 0 fully saturated rings. The highest BCUT2D eigenvalue weighted by Crippen LogP contribution is 2.31. The van der Waals surface area contributed by atoms with Crippen molar-refractivity contribution in [2.45, 2.75) is 23.1 Å². The fraction of sp³-hybridized carbons (Fsp3) is 0.176. The van der Waals surface area contributed by atoms with Crippen LogP contribution in [0.2, 0.25) is 0 Å². The molecule has 0 radical (unpaired) electrons. The van der Waals surface area contributed by atoms with E-state index in [2.05, 4.69) is 15.9 Å². The highest BCUT2D eigenvalue weighted by atomic mass is 79.9. The van der Waals surface area contributed by atoms with E-state index in [-0.39, 0.29) is 12.4 Å². The maximum atomic E-state index is 11.6. The lowest BCUT2D eigenvalue weighted by Crippen LogP contribution is -2.03. The lowest BCUT2D eigenvalue weighted by Gasteiger charge is -2.07. The number of ether oxygens (including phenoxy) is 1. The summed E-state index contributed by atoms with van der Waals surface area (Å²) in [5.41, 5.74) is 1.24. The summed E-state index contributed by atoms with van der Waals surface area (Å²) >= 11 is 4.87. The van der Waals surface area contributed by atoms with E-state index < -0.39 is 5.97 Å². The molecule has 120 valence electrons. The number of halogens is 1. The largest absolute Gasteiger partial charge is 0.481 e. The van der Waals surface area contributed by atoms with Crippen LogP contribution in [0.1, 0.15) is 22.8 Å². The van der Waals surface area contributed by atoms with Gasteiger partial charge < -0.3 is 9.84 Å². The molecule has 2 aromatic rings. The van der Waals surface area contributed by atoms with Gasteiger partial charge in [-0.2, -0.15) is 0 Å². The van der Waals surface area contributed by atoms with Crippen LogP contribution < -0.4 is 0 Å². The fourth-order valence-corrected chi connectivity index (χ4v) is 3.19. The van der Waals surface area contributed by atoms with Crippen molar-refractivity contribution >= 4 is 39.6 Å². The maximum absolute atomic E-state index is 11.6. The lowest BCUT2D eigenvalue weighted by atomic mass is 10.1. The van der Waals surface area contributed by atoms with Crippen molar-refractivity contribution in [3.8, 4) is 0 Å². The average Bonchev–Trinajstić information content (AvgIpc) is 2.51. The van der Waals surface area contributed by atoms with Gasteiger partial charge in [-0.15, -0.1) is 0 Å². The molecule has 4 nitrogen and oxygen atoms in total. The minimum Gasteiger partial charge on any atom is -0.481 e. The van der Waals surface area contributed by atoms with Crippen molar-refractivity contribution in [2.75, 3.05) is 6.61 Å². The van der Waals surface area contributed by atoms with Gasteiger partial charge in [-0.3, -0.25) is 4.79 Å². The lowest BCUT2D eigenvalue weighted by molar-refractivity contribution is -0.136. The fourth-order valence-electron chi connectivity index (χ4n) is 1.92. The predicted octanol–water partition coefficient (Wildman–Crippen LogP) is 4.40. The third-order valence-corrected chi connectivity index (χ3v) is 4.73. The number of aliphatic carboxylic acids is 1. The molecular formula is C17H15BrO4S. The third-order valence-electron chi connectivity index (χ3n) is 2.96. The molecule has 0 amide bonds. The van der Waals surface area contributed by atoms with E-state index in [1.54, 1.807) is 19.1 Å². The van der Waals surface area contributed by atoms with Gasteiger partial charge in [-0.05, 0) is 55.0 Å². The van der Waals surface area contributed by atoms with Crippen LogP contribution in [-0.2, 0) is 16.0 Å². The van der Waals surface area contributed by atoms with Crippen LogP contribution in [0.15, 0.2) is 56.7 Å². The van der Waals surface area contributed by atoms with E-state index >= 15 is 0 Å². The second-order valence-corrected chi connectivity index (χ2v) is 6.67. The molecule has 2 rings (SSSR count). The van der Waals surface area contributed by atoms with Crippen LogP contribution >= 0.6 is 27.7 Å². The first-order valence-corrected chi connectivity index (χ1v) is 8.55. The van der Waals surface area contributed by atoms with Crippen molar-refractivity contribution in [1.82, 2.24) is 0 Å². The van der Waals surface area contributed by atoms with Gasteiger partial charge in [-0.25, -0.2) is 4.79 Å². The average molecular weight is 395 g/mol. The summed E-state index contributed by atoms with van der Waals surface area (Å²) in [6.07, 6.45) is -0.0310. The van der Waals surface area contributed by atoms with Gasteiger partial charge in [0.05, 0.1) is 18.6 Å². The molecular weight excluding hydrogens is 380 g/mol. The minimum atomic E-state index is -0.869. The summed E-state index contributed by atoms with van der Waals surface area (Å²) < 4.78 is 5.72. The van der Waals surface area contributed by atoms with Crippen LogP contribution in [0.5, 0.6) is 0 Å². The molecule has 0 heterocycles. The van der Waals surface area contributed by atoms with Crippen LogP contribution in [0.4, 0.5) is 0 Å². The zero-order valence-electron chi connectivity index (χ0n) is 12.4. The third kappa shape index (κ3) is 5.11. The monoisotopic (exact) mass is 394 g/mol. The van der Waals surface area contributed by atoms with Gasteiger partial charge in [0, 0.05) is 14.3 Å². The molecule has 2 aromatic carbocycles. The summed E-state index contributed by atoms with van der Waals surface area (Å²) in [6, 6.07) is 12.7. The molecule has 0 aliphatic carbocycles. The summed E-state index contributed by atoms with van der Waals surface area (Å²) in [4.78, 5) is 24.4. The molecule has 0 aliphatic heterocycles. The number of carboxylic acids is 1. The molecule has 0 spiro atoms. The minimum absolute atomic E-state index is 0.0310. The molecule has 0 aliphatic rings. The van der Waals surface area contributed by atoms with Gasteiger partial charge in [-0.1, -0.05) is 27.7 Å². The molecule has 0 saturated carbocycles. The number of carbonyl (C=O) groups is 2. The summed E-state index contributed by atoms with van der Waals surface area (Å²) in [5.74, 6) is -1.21. The molecule has 0 bridgehead atoms. The molecule has 0 unspecified atom stereocenters. The van der Waals surface area contributed by atoms with E-state index in [4.69, 9.17) is 9.84 Å². The van der Waals surface area contributed by atoms with Crippen molar-refractivity contribution in [3.05, 3.63) is 58.1 Å². The second-order valence-electron chi connectivity index (χ2n) is 4.67. The van der Waals surface area contributed by atoms with Gasteiger partial charge in [0.15, 0.2) is 0 Å². The normalized spacial score (nSPS) is 10.3. The summed E-state index contributed by atoms with van der Waals surface area (Å²) in [6.45, 7) is 2.12. The number of esters is 1. The maximum Gasteiger partial charge on any atom is 0.338 e. The number of carbonyl (C=O) groups excluding carboxylic acids is 1. The Labute approximate surface area is 147 Å². The first kappa shape index (κ1) is 17.6. The standard InChI is InChI=1S/C17H15BrO4S/c1-2-22-17(21)11-3-5-13(6-4-11)23-14-7-8-15(18)12(9-14)10-16(19)20/h3-9H,2,10H2,1H3,(H,19,20). The van der Waals surface area contributed by atoms with Crippen LogP contribution in [0, 0.1) is 0 Å². The van der Waals surface area contributed by atoms with Crippen molar-refractivity contribution in [3.63, 3.8) is 0 Å². The Hall–Kier alpha value is -1.79. The quantitative estimate of drug-likeness (QED) is 0.735. The molecule has 0 saturated heterocycles. The Morgan fingerprint density at radius 2 is 1.78 bits per heavy atom. The van der Waals surface area contributed by atoms with Crippen LogP contribution in [0.3, 0.4) is 0 Å². The van der Waals surface area contributed by atoms with Gasteiger partial charge in [0.1, 0.15) is 0 Å². The van der Waals surface area contributed by atoms with Gasteiger partial charge >= 0.3 is 11.9 Å². The van der Waals surface area contributed by atoms with Crippen molar-refractivity contribution < 1.29 is 19.4 Å². The number of hydrogen-bond acceptors (Lipinski definition) is 4. The first-order valence-electron chi connectivity index (χ1n) is 6.95. The smallest absolute Gasteiger partial charge is 0.338 e. The Morgan fingerprint density at radius 1 is 1.13 bits per heavy atom. The zero-order chi connectivity index (χ0) is 16.8. The van der Waals surface area contributed by atoms with E-state index in [1.165, 1.54) is 11.8 Å². The van der Waals surface area contributed by atoms with E-state index in [0.717, 1.165) is 19.8 Å². The number of hydrogen-bond donors (Lipinski definition) is 1. The van der Waals surface area contributed by atoms with Crippen molar-refractivity contribution in [1.29, 1.82) is 0 Å². The Balaban J connectivity index is 2.13. The van der Waals surface area contributed by atoms with Crippen LogP contribution in [0.25, 0.3) is 0 Å². The SMILES string of the molecule is CCOC(=O)c1ccc(Sc2ccc(Br)c(CC(=O)O)c2)cc1. The Kier molecular flexibility index (Phi) is 6.24. The van der Waals surface area contributed by atoms with Gasteiger partial charge in [0.2, 0.25) is 0 Å². The Morgan fingerprint density at radius 3 is 2.39 bits per heavy atom. The van der Waals surface area contributed by atoms with E-state index in [9.17, 15) is 9.59 Å². The highest BCUT2D eigenvalue weighted by molar-refractivity contribution is 9.10. The number of benzene rings is 2. The number of rotatable bonds is 6. The Bertz CT molecular complexity index is 713. The molecule has 0 atom stereocenters. The molecule has 1 N–H and O–H groups in total. The topological polar surface area (TPSA) is 63.6 Å². The zero-order valence-corrected chi connectivity index (χ0v) is 14.8. The molecule has 0 aromatic heterocycles. The first-order chi connectivity index (χ1) is 11.0.